The lowest BCUT2D eigenvalue weighted by atomic mass is 10.2. The summed E-state index contributed by atoms with van der Waals surface area (Å²) >= 11 is 4.44. The Kier molecular flexibility index (Phi) is 2.08. The lowest BCUT2D eigenvalue weighted by Gasteiger charge is -1.87. The second-order valence-electron chi connectivity index (χ2n) is 1.75. The fourth-order valence-electron chi connectivity index (χ4n) is 0.597. The van der Waals surface area contributed by atoms with E-state index in [1.165, 1.54) is 0 Å². The van der Waals surface area contributed by atoms with E-state index in [0.29, 0.717) is 11.3 Å². The van der Waals surface area contributed by atoms with Crippen molar-refractivity contribution in [3.8, 4) is 6.07 Å². The van der Waals surface area contributed by atoms with Crippen LogP contribution in [-0.2, 0) is 12.4 Å². The van der Waals surface area contributed by atoms with Gasteiger partial charge < -0.3 is 0 Å². The van der Waals surface area contributed by atoms with Gasteiger partial charge in [0.05, 0.1) is 17.3 Å². The number of rotatable bonds is 1. The van der Waals surface area contributed by atoms with E-state index in [1.54, 1.807) is 24.3 Å². The van der Waals surface area contributed by atoms with Crippen molar-refractivity contribution in [3.05, 3.63) is 29.8 Å². The second-order valence-corrected chi connectivity index (χ2v) is 1.93. The molecule has 0 radical (unpaired) electrons. The molecule has 0 aliphatic heterocycles. The number of benzene rings is 1. The Morgan fingerprint density at radius 1 is 1.30 bits per heavy atom. The smallest absolute Gasteiger partial charge is 0.0991 e. The highest BCUT2D eigenvalue weighted by Crippen LogP contribution is 2.10. The van der Waals surface area contributed by atoms with Crippen LogP contribution in [-0.4, -0.2) is 0 Å². The van der Waals surface area contributed by atoms with Crippen LogP contribution in [0.4, 0.5) is 5.69 Å². The predicted octanol–water partition coefficient (Wildman–Crippen LogP) is 1.92. The minimum Gasteiger partial charge on any atom is -0.192 e. The molecule has 0 heterocycles. The highest BCUT2D eigenvalue weighted by atomic mass is 32.1. The summed E-state index contributed by atoms with van der Waals surface area (Å²) in [7, 11) is 0. The van der Waals surface area contributed by atoms with Crippen molar-refractivity contribution in [2.45, 2.75) is 0 Å². The van der Waals surface area contributed by atoms with E-state index in [4.69, 9.17) is 5.26 Å². The minimum absolute atomic E-state index is 0.627. The van der Waals surface area contributed by atoms with Crippen LogP contribution in [0, 0.1) is 11.3 Å². The van der Waals surface area contributed by atoms with E-state index in [1.807, 2.05) is 6.07 Å². The molecular formula is C7H4N2S. The van der Waals surface area contributed by atoms with Gasteiger partial charge in [-0.15, -0.1) is 0 Å². The standard InChI is InChI=1S/C7H4N2S/c8-5-6-1-3-7(9-10)4-2-6/h1-4H. The molecule has 2 nitrogen and oxygen atoms in total. The Bertz CT molecular complexity index is 271. The first-order valence-corrected chi connectivity index (χ1v) is 3.07. The Labute approximate surface area is 64.3 Å². The SMILES string of the molecule is N#Cc1ccc(N=S)cc1. The summed E-state index contributed by atoms with van der Waals surface area (Å²) in [4.78, 5) is 0. The summed E-state index contributed by atoms with van der Waals surface area (Å²) in [6.07, 6.45) is 0. The van der Waals surface area contributed by atoms with Gasteiger partial charge in [0.2, 0.25) is 0 Å². The Hall–Kier alpha value is -1.27. The van der Waals surface area contributed by atoms with Crippen molar-refractivity contribution in [3.63, 3.8) is 0 Å². The summed E-state index contributed by atoms with van der Waals surface area (Å²) in [5, 5.41) is 8.39. The Morgan fingerprint density at radius 3 is 2.30 bits per heavy atom. The molecule has 48 valence electrons. The molecule has 1 aromatic carbocycles. The van der Waals surface area contributed by atoms with Gasteiger partial charge in [-0.1, -0.05) is 0 Å². The van der Waals surface area contributed by atoms with Crippen LogP contribution in [0.5, 0.6) is 0 Å². The van der Waals surface area contributed by atoms with Crippen molar-refractivity contribution < 1.29 is 0 Å². The molecule has 0 spiro atoms. The molecule has 0 saturated carbocycles. The maximum atomic E-state index is 8.39. The largest absolute Gasteiger partial charge is 0.192 e. The predicted molar refractivity (Wildman–Crippen MR) is 40.6 cm³/mol. The van der Waals surface area contributed by atoms with Crippen molar-refractivity contribution in [2.75, 3.05) is 0 Å². The van der Waals surface area contributed by atoms with Gasteiger partial charge in [-0.25, -0.2) is 0 Å². The maximum absolute atomic E-state index is 8.39. The van der Waals surface area contributed by atoms with Gasteiger partial charge in [-0.2, -0.15) is 9.62 Å². The highest BCUT2D eigenvalue weighted by molar-refractivity contribution is 7.47. The van der Waals surface area contributed by atoms with Crippen LogP contribution in [0.15, 0.2) is 28.6 Å². The van der Waals surface area contributed by atoms with Gasteiger partial charge in [0, 0.05) is 12.4 Å². The number of nitrogens with zero attached hydrogens (tertiary/aromatic N) is 2. The monoisotopic (exact) mass is 148 g/mol. The lowest BCUT2D eigenvalue weighted by molar-refractivity contribution is 1.47. The summed E-state index contributed by atoms with van der Waals surface area (Å²) < 4.78 is 3.52. The quantitative estimate of drug-likeness (QED) is 0.610. The lowest BCUT2D eigenvalue weighted by Crippen LogP contribution is -1.69. The van der Waals surface area contributed by atoms with Crippen molar-refractivity contribution in [2.24, 2.45) is 4.36 Å². The summed E-state index contributed by atoms with van der Waals surface area (Å²) in [5.74, 6) is 0. The van der Waals surface area contributed by atoms with E-state index in [9.17, 15) is 0 Å². The molecule has 1 rings (SSSR count). The molecule has 0 aliphatic rings. The van der Waals surface area contributed by atoms with E-state index < -0.39 is 0 Å². The molecule has 0 unspecified atom stereocenters. The van der Waals surface area contributed by atoms with E-state index in [-0.39, 0.29) is 0 Å². The first-order chi connectivity index (χ1) is 4.86. The van der Waals surface area contributed by atoms with Gasteiger partial charge in [-0.3, -0.25) is 0 Å². The minimum atomic E-state index is 0.627. The molecule has 0 aromatic heterocycles. The van der Waals surface area contributed by atoms with Gasteiger partial charge >= 0.3 is 0 Å². The third kappa shape index (κ3) is 1.36. The van der Waals surface area contributed by atoms with Crippen molar-refractivity contribution in [1.29, 1.82) is 5.26 Å². The van der Waals surface area contributed by atoms with Crippen molar-refractivity contribution in [1.82, 2.24) is 0 Å². The molecule has 3 heteroatoms. The number of nitriles is 1. The molecule has 0 fully saturated rings. The van der Waals surface area contributed by atoms with E-state index >= 15 is 0 Å². The van der Waals surface area contributed by atoms with Crippen molar-refractivity contribution >= 4 is 18.1 Å². The molecule has 0 bridgehead atoms. The first kappa shape index (κ1) is 6.84. The third-order valence-corrected chi connectivity index (χ3v) is 1.31. The van der Waals surface area contributed by atoms with E-state index in [2.05, 4.69) is 16.8 Å². The summed E-state index contributed by atoms with van der Waals surface area (Å²) in [6.45, 7) is 0. The van der Waals surface area contributed by atoms with Crippen LogP contribution < -0.4 is 0 Å². The normalized spacial score (nSPS) is 8.30. The Morgan fingerprint density at radius 2 is 1.90 bits per heavy atom. The van der Waals surface area contributed by atoms with Crippen LogP contribution in [0.3, 0.4) is 0 Å². The maximum Gasteiger partial charge on any atom is 0.0991 e. The van der Waals surface area contributed by atoms with E-state index in [0.717, 1.165) is 0 Å². The molecule has 0 amide bonds. The number of hydrogen-bond donors (Lipinski definition) is 0. The van der Waals surface area contributed by atoms with Crippen LogP contribution in [0.1, 0.15) is 5.56 Å². The average molecular weight is 148 g/mol. The molecule has 0 aliphatic carbocycles. The second kappa shape index (κ2) is 3.04. The highest BCUT2D eigenvalue weighted by Gasteiger charge is 1.88. The first-order valence-electron chi connectivity index (χ1n) is 2.70. The van der Waals surface area contributed by atoms with Crippen LogP contribution in [0.25, 0.3) is 0 Å². The fourth-order valence-corrected chi connectivity index (χ4v) is 0.719. The molecular weight excluding hydrogens is 144 g/mol. The third-order valence-electron chi connectivity index (χ3n) is 1.10. The summed E-state index contributed by atoms with van der Waals surface area (Å²) in [5.41, 5.74) is 1.34. The van der Waals surface area contributed by atoms with Gasteiger partial charge in [0.1, 0.15) is 0 Å². The van der Waals surface area contributed by atoms with Gasteiger partial charge in [0.25, 0.3) is 0 Å². The Balaban J connectivity index is 3.04. The molecule has 10 heavy (non-hydrogen) atoms. The molecule has 0 N–H and O–H groups in total. The zero-order valence-corrected chi connectivity index (χ0v) is 5.93. The summed E-state index contributed by atoms with van der Waals surface area (Å²) in [6, 6.07) is 8.80. The fraction of sp³-hybridized carbons (Fsp3) is 0. The molecule has 0 atom stereocenters. The number of hydrogen-bond acceptors (Lipinski definition) is 3. The molecule has 1 aromatic rings. The van der Waals surface area contributed by atoms with Crippen LogP contribution in [0.2, 0.25) is 0 Å². The van der Waals surface area contributed by atoms with Gasteiger partial charge in [-0.05, 0) is 24.3 Å². The van der Waals surface area contributed by atoms with Crippen LogP contribution >= 0.6 is 0 Å². The molecule has 0 saturated heterocycles. The zero-order valence-electron chi connectivity index (χ0n) is 5.11. The zero-order chi connectivity index (χ0) is 7.40. The van der Waals surface area contributed by atoms with Gasteiger partial charge in [0.15, 0.2) is 0 Å². The topological polar surface area (TPSA) is 36.1 Å². The average Bonchev–Trinajstić information content (AvgIpc) is 2.05.